The van der Waals surface area contributed by atoms with E-state index in [2.05, 4.69) is 15.5 Å². The van der Waals surface area contributed by atoms with Crippen LogP contribution in [0.25, 0.3) is 0 Å². The molecular weight excluding hydrogens is 364 g/mol. The fourth-order valence-corrected chi connectivity index (χ4v) is 4.57. The third-order valence-corrected chi connectivity index (χ3v) is 6.42. The van der Waals surface area contributed by atoms with Crippen LogP contribution in [-0.2, 0) is 15.8 Å². The molecular formula is C16H19ClN4O3S. The molecule has 134 valence electrons. The second-order valence-corrected chi connectivity index (χ2v) is 8.33. The van der Waals surface area contributed by atoms with Crippen molar-refractivity contribution in [2.75, 3.05) is 18.4 Å². The number of aromatic nitrogens is 2. The Kier molecular flexibility index (Phi) is 5.41. The first-order valence-corrected chi connectivity index (χ1v) is 9.96. The Balaban J connectivity index is 1.60. The number of H-pyrrole nitrogens is 1. The van der Waals surface area contributed by atoms with Crippen molar-refractivity contribution in [3.05, 3.63) is 57.5 Å². The van der Waals surface area contributed by atoms with Crippen LogP contribution in [0.15, 0.2) is 41.3 Å². The average Bonchev–Trinajstić information content (AvgIpc) is 2.60. The fraction of sp³-hybridized carbons (Fsp3) is 0.375. The van der Waals surface area contributed by atoms with Gasteiger partial charge < -0.3 is 5.32 Å². The summed E-state index contributed by atoms with van der Waals surface area (Å²) in [6, 6.07) is 9.20. The lowest BCUT2D eigenvalue weighted by Gasteiger charge is -2.32. The Morgan fingerprint density at radius 2 is 1.92 bits per heavy atom. The maximum Gasteiger partial charge on any atom is 0.285 e. The number of nitrogens with one attached hydrogen (secondary N) is 2. The highest BCUT2D eigenvalue weighted by molar-refractivity contribution is 7.88. The van der Waals surface area contributed by atoms with Gasteiger partial charge in [0, 0.05) is 19.1 Å². The van der Waals surface area contributed by atoms with E-state index in [1.807, 2.05) is 30.3 Å². The largest absolute Gasteiger partial charge is 0.380 e. The van der Waals surface area contributed by atoms with Crippen LogP contribution in [0.1, 0.15) is 18.4 Å². The van der Waals surface area contributed by atoms with Gasteiger partial charge in [0.25, 0.3) is 5.56 Å². The molecule has 1 fully saturated rings. The molecule has 2 aromatic rings. The molecule has 2 N–H and O–H groups in total. The van der Waals surface area contributed by atoms with E-state index in [-0.39, 0.29) is 16.8 Å². The van der Waals surface area contributed by atoms with Crippen LogP contribution in [-0.4, -0.2) is 42.1 Å². The summed E-state index contributed by atoms with van der Waals surface area (Å²) in [5.41, 5.74) is 0.801. The zero-order valence-electron chi connectivity index (χ0n) is 13.5. The Hall–Kier alpha value is -1.90. The molecule has 0 saturated carbocycles. The summed E-state index contributed by atoms with van der Waals surface area (Å²) < 4.78 is 26.6. The van der Waals surface area contributed by atoms with Crippen molar-refractivity contribution in [1.29, 1.82) is 0 Å². The number of halogens is 1. The highest BCUT2D eigenvalue weighted by atomic mass is 35.5. The molecule has 0 unspecified atom stereocenters. The minimum absolute atomic E-state index is 0.00967. The van der Waals surface area contributed by atoms with Gasteiger partial charge in [-0.15, -0.1) is 0 Å². The predicted molar refractivity (Wildman–Crippen MR) is 97.2 cm³/mol. The lowest BCUT2D eigenvalue weighted by Crippen LogP contribution is -2.42. The smallest absolute Gasteiger partial charge is 0.285 e. The van der Waals surface area contributed by atoms with Crippen molar-refractivity contribution in [2.24, 2.45) is 0 Å². The van der Waals surface area contributed by atoms with Crippen molar-refractivity contribution >= 4 is 27.3 Å². The number of hydrogen-bond acceptors (Lipinski definition) is 5. The lowest BCUT2D eigenvalue weighted by molar-refractivity contribution is 0.329. The van der Waals surface area contributed by atoms with Crippen molar-refractivity contribution in [1.82, 2.24) is 14.5 Å². The monoisotopic (exact) mass is 382 g/mol. The topological polar surface area (TPSA) is 95.2 Å². The summed E-state index contributed by atoms with van der Waals surface area (Å²) >= 11 is 5.95. The van der Waals surface area contributed by atoms with Crippen molar-refractivity contribution in [3.63, 3.8) is 0 Å². The van der Waals surface area contributed by atoms with Gasteiger partial charge in [0.1, 0.15) is 5.02 Å². The zero-order valence-corrected chi connectivity index (χ0v) is 15.1. The molecule has 1 aliphatic heterocycles. The van der Waals surface area contributed by atoms with E-state index < -0.39 is 15.6 Å². The Labute approximate surface area is 151 Å². The van der Waals surface area contributed by atoms with Gasteiger partial charge >= 0.3 is 0 Å². The minimum Gasteiger partial charge on any atom is -0.380 e. The van der Waals surface area contributed by atoms with Crippen LogP contribution in [0.3, 0.4) is 0 Å². The highest BCUT2D eigenvalue weighted by Gasteiger charge is 2.28. The number of sulfonamides is 1. The van der Waals surface area contributed by atoms with E-state index in [9.17, 15) is 13.2 Å². The lowest BCUT2D eigenvalue weighted by atomic mass is 10.1. The predicted octanol–water partition coefficient (Wildman–Crippen LogP) is 1.83. The molecule has 0 spiro atoms. The minimum atomic E-state index is -3.34. The van der Waals surface area contributed by atoms with Crippen LogP contribution in [0.5, 0.6) is 0 Å². The van der Waals surface area contributed by atoms with E-state index in [4.69, 9.17) is 11.6 Å². The molecule has 0 aliphatic carbocycles. The molecule has 25 heavy (non-hydrogen) atoms. The Bertz CT molecular complexity index is 878. The van der Waals surface area contributed by atoms with E-state index in [0.717, 1.165) is 5.56 Å². The summed E-state index contributed by atoms with van der Waals surface area (Å²) in [7, 11) is -3.34. The highest BCUT2D eigenvalue weighted by Crippen LogP contribution is 2.22. The quantitative estimate of drug-likeness (QED) is 0.822. The number of anilines is 1. The molecule has 1 aromatic heterocycles. The average molecular weight is 383 g/mol. The molecule has 0 atom stereocenters. The summed E-state index contributed by atoms with van der Waals surface area (Å²) in [4.78, 5) is 11.5. The number of nitrogens with zero attached hydrogens (tertiary/aromatic N) is 2. The molecule has 9 heteroatoms. The van der Waals surface area contributed by atoms with E-state index in [1.54, 1.807) is 0 Å². The fourth-order valence-electron chi connectivity index (χ4n) is 2.86. The van der Waals surface area contributed by atoms with Crippen LogP contribution in [0.2, 0.25) is 5.02 Å². The van der Waals surface area contributed by atoms with Gasteiger partial charge in [-0.2, -0.15) is 5.10 Å². The zero-order chi connectivity index (χ0) is 17.9. The molecule has 0 bridgehead atoms. The van der Waals surface area contributed by atoms with E-state index >= 15 is 0 Å². The third-order valence-electron chi connectivity index (χ3n) is 4.19. The van der Waals surface area contributed by atoms with Crippen LogP contribution < -0.4 is 10.9 Å². The van der Waals surface area contributed by atoms with Gasteiger partial charge in [0.15, 0.2) is 0 Å². The standard InChI is InChI=1S/C16H19ClN4O3S/c17-15-14(10-18-20-16(15)22)19-13-6-8-21(9-7-13)25(23,24)11-12-4-2-1-3-5-12/h1-5,10,13H,6-9,11H2,(H2,19,20,22). The molecule has 0 radical (unpaired) electrons. The van der Waals surface area contributed by atoms with Gasteiger partial charge in [-0.1, -0.05) is 41.9 Å². The molecule has 1 saturated heterocycles. The molecule has 1 aliphatic rings. The van der Waals surface area contributed by atoms with Crippen LogP contribution in [0.4, 0.5) is 5.69 Å². The maximum absolute atomic E-state index is 12.5. The van der Waals surface area contributed by atoms with Gasteiger partial charge in [0.05, 0.1) is 17.6 Å². The van der Waals surface area contributed by atoms with E-state index in [1.165, 1.54) is 10.5 Å². The number of aromatic amines is 1. The third kappa shape index (κ3) is 4.39. The molecule has 7 nitrogen and oxygen atoms in total. The molecule has 0 amide bonds. The number of benzene rings is 1. The van der Waals surface area contributed by atoms with Gasteiger partial charge in [-0.05, 0) is 18.4 Å². The van der Waals surface area contributed by atoms with Gasteiger partial charge in [-0.3, -0.25) is 4.79 Å². The summed E-state index contributed by atoms with van der Waals surface area (Å²) in [6.07, 6.45) is 2.73. The second kappa shape index (κ2) is 7.55. The summed E-state index contributed by atoms with van der Waals surface area (Å²) in [6.45, 7) is 0.863. The SMILES string of the molecule is O=c1[nH]ncc(NC2CCN(S(=O)(=O)Cc3ccccc3)CC2)c1Cl. The van der Waals surface area contributed by atoms with Crippen molar-refractivity contribution in [2.45, 2.75) is 24.6 Å². The van der Waals surface area contributed by atoms with Gasteiger partial charge in [0.2, 0.25) is 10.0 Å². The van der Waals surface area contributed by atoms with Gasteiger partial charge in [-0.25, -0.2) is 17.8 Å². The van der Waals surface area contributed by atoms with Crippen LogP contribution >= 0.6 is 11.6 Å². The first-order chi connectivity index (χ1) is 12.0. The van der Waals surface area contributed by atoms with Crippen LogP contribution in [0, 0.1) is 0 Å². The Morgan fingerprint density at radius 1 is 1.24 bits per heavy atom. The second-order valence-electron chi connectivity index (χ2n) is 5.99. The first kappa shape index (κ1) is 17.9. The number of piperidine rings is 1. The number of rotatable bonds is 5. The molecule has 3 rings (SSSR count). The molecule has 1 aromatic carbocycles. The van der Waals surface area contributed by atoms with Crippen molar-refractivity contribution < 1.29 is 8.42 Å². The van der Waals surface area contributed by atoms with E-state index in [0.29, 0.717) is 31.6 Å². The molecule has 2 heterocycles. The maximum atomic E-state index is 12.5. The first-order valence-electron chi connectivity index (χ1n) is 7.97. The van der Waals surface area contributed by atoms with Crippen molar-refractivity contribution in [3.8, 4) is 0 Å². The normalized spacial score (nSPS) is 16.7. The summed E-state index contributed by atoms with van der Waals surface area (Å²) in [5.74, 6) is 0.00967. The Morgan fingerprint density at radius 3 is 2.60 bits per heavy atom. The summed E-state index contributed by atoms with van der Waals surface area (Å²) in [5, 5.41) is 9.22. The number of hydrogen-bond donors (Lipinski definition) is 2.